The summed E-state index contributed by atoms with van der Waals surface area (Å²) >= 11 is 1.77. The zero-order valence-corrected chi connectivity index (χ0v) is 12.8. The molecular formula is C16H22N2OS. The molecule has 3 nitrogen and oxygen atoms in total. The van der Waals surface area contributed by atoms with Gasteiger partial charge in [-0.05, 0) is 55.3 Å². The van der Waals surface area contributed by atoms with Crippen LogP contribution in [0.25, 0.3) is 10.2 Å². The van der Waals surface area contributed by atoms with Crippen LogP contribution in [-0.2, 0) is 4.74 Å². The lowest BCUT2D eigenvalue weighted by molar-refractivity contribution is 0.0996. The van der Waals surface area contributed by atoms with E-state index in [0.717, 1.165) is 31.5 Å². The molecule has 0 aliphatic carbocycles. The van der Waals surface area contributed by atoms with Crippen molar-refractivity contribution >= 4 is 21.6 Å². The van der Waals surface area contributed by atoms with E-state index in [9.17, 15) is 0 Å². The number of nitrogens with one attached hydrogen (secondary N) is 1. The fourth-order valence-corrected chi connectivity index (χ4v) is 3.70. The van der Waals surface area contributed by atoms with E-state index in [1.54, 1.807) is 11.3 Å². The molecule has 2 aromatic heterocycles. The molecule has 1 saturated heterocycles. The highest BCUT2D eigenvalue weighted by atomic mass is 32.1. The first-order valence-electron chi connectivity index (χ1n) is 7.55. The standard InChI is InChI=1S/C16H22N2OS/c1-2-17-14(6-5-13-4-3-8-19-13)12-10-16-15(18-11-12)7-9-20-16/h7,9-11,13-14,17H,2-6,8H2,1H3. The minimum Gasteiger partial charge on any atom is -0.378 e. The molecule has 2 aromatic rings. The lowest BCUT2D eigenvalue weighted by atomic mass is 10.0. The first-order valence-corrected chi connectivity index (χ1v) is 8.43. The molecule has 0 radical (unpaired) electrons. The smallest absolute Gasteiger partial charge is 0.0809 e. The zero-order chi connectivity index (χ0) is 13.8. The van der Waals surface area contributed by atoms with Gasteiger partial charge in [0, 0.05) is 18.8 Å². The highest BCUT2D eigenvalue weighted by molar-refractivity contribution is 7.17. The van der Waals surface area contributed by atoms with E-state index in [2.05, 4.69) is 34.7 Å². The van der Waals surface area contributed by atoms with Crippen LogP contribution in [0.1, 0.15) is 44.2 Å². The molecule has 0 spiro atoms. The van der Waals surface area contributed by atoms with Crippen molar-refractivity contribution in [2.24, 2.45) is 0 Å². The van der Waals surface area contributed by atoms with Crippen molar-refractivity contribution in [3.63, 3.8) is 0 Å². The SMILES string of the molecule is CCNC(CCC1CCCO1)c1cnc2ccsc2c1. The molecule has 3 heterocycles. The maximum Gasteiger partial charge on any atom is 0.0809 e. The van der Waals surface area contributed by atoms with Crippen molar-refractivity contribution in [3.05, 3.63) is 29.3 Å². The Morgan fingerprint density at radius 2 is 2.50 bits per heavy atom. The van der Waals surface area contributed by atoms with Gasteiger partial charge in [0.05, 0.1) is 16.3 Å². The number of pyridine rings is 1. The van der Waals surface area contributed by atoms with E-state index in [1.807, 2.05) is 6.20 Å². The van der Waals surface area contributed by atoms with Gasteiger partial charge in [0.15, 0.2) is 0 Å². The topological polar surface area (TPSA) is 34.1 Å². The Morgan fingerprint density at radius 3 is 3.30 bits per heavy atom. The summed E-state index contributed by atoms with van der Waals surface area (Å²) in [6.45, 7) is 4.09. The number of hydrogen-bond donors (Lipinski definition) is 1. The highest BCUT2D eigenvalue weighted by Gasteiger charge is 2.19. The van der Waals surface area contributed by atoms with Crippen LogP contribution in [-0.4, -0.2) is 24.2 Å². The zero-order valence-electron chi connectivity index (χ0n) is 12.0. The predicted molar refractivity (Wildman–Crippen MR) is 84.2 cm³/mol. The van der Waals surface area contributed by atoms with Gasteiger partial charge in [-0.3, -0.25) is 4.98 Å². The fraction of sp³-hybridized carbons (Fsp3) is 0.562. The molecule has 1 N–H and O–H groups in total. The average molecular weight is 290 g/mol. The Kier molecular flexibility index (Phi) is 4.65. The first kappa shape index (κ1) is 14.0. The minimum atomic E-state index is 0.392. The molecule has 0 bridgehead atoms. The van der Waals surface area contributed by atoms with Gasteiger partial charge < -0.3 is 10.1 Å². The summed E-state index contributed by atoms with van der Waals surface area (Å²) in [7, 11) is 0. The number of rotatable bonds is 6. The second kappa shape index (κ2) is 6.66. The Hall–Kier alpha value is -0.970. The summed E-state index contributed by atoms with van der Waals surface area (Å²) in [5, 5.41) is 5.70. The summed E-state index contributed by atoms with van der Waals surface area (Å²) < 4.78 is 7.01. The van der Waals surface area contributed by atoms with E-state index >= 15 is 0 Å². The van der Waals surface area contributed by atoms with Gasteiger partial charge in [0.2, 0.25) is 0 Å². The van der Waals surface area contributed by atoms with E-state index in [-0.39, 0.29) is 0 Å². The predicted octanol–water partition coefficient (Wildman–Crippen LogP) is 3.91. The molecule has 1 aliphatic rings. The number of thiophene rings is 1. The van der Waals surface area contributed by atoms with Crippen molar-refractivity contribution in [1.29, 1.82) is 0 Å². The number of ether oxygens (including phenoxy) is 1. The Balaban J connectivity index is 1.70. The second-order valence-electron chi connectivity index (χ2n) is 5.40. The molecular weight excluding hydrogens is 268 g/mol. The highest BCUT2D eigenvalue weighted by Crippen LogP contribution is 2.27. The van der Waals surface area contributed by atoms with Crippen LogP contribution in [0.15, 0.2) is 23.7 Å². The average Bonchev–Trinajstić information content (AvgIpc) is 3.13. The summed E-state index contributed by atoms with van der Waals surface area (Å²) in [6, 6.07) is 4.76. The summed E-state index contributed by atoms with van der Waals surface area (Å²) in [4.78, 5) is 4.56. The largest absolute Gasteiger partial charge is 0.378 e. The quantitative estimate of drug-likeness (QED) is 0.876. The summed E-state index contributed by atoms with van der Waals surface area (Å²) in [5.74, 6) is 0. The molecule has 2 unspecified atom stereocenters. The van der Waals surface area contributed by atoms with Crippen LogP contribution in [0.2, 0.25) is 0 Å². The van der Waals surface area contributed by atoms with Gasteiger partial charge >= 0.3 is 0 Å². The summed E-state index contributed by atoms with van der Waals surface area (Å²) in [5.41, 5.74) is 2.41. The molecule has 1 fully saturated rings. The van der Waals surface area contributed by atoms with E-state index in [0.29, 0.717) is 12.1 Å². The molecule has 20 heavy (non-hydrogen) atoms. The lowest BCUT2D eigenvalue weighted by Crippen LogP contribution is -2.22. The number of aromatic nitrogens is 1. The first-order chi connectivity index (χ1) is 9.86. The molecule has 108 valence electrons. The number of fused-ring (bicyclic) bond motifs is 1. The van der Waals surface area contributed by atoms with Crippen LogP contribution < -0.4 is 5.32 Å². The fourth-order valence-electron chi connectivity index (χ4n) is 2.91. The Bertz CT molecular complexity index is 548. The van der Waals surface area contributed by atoms with Crippen LogP contribution in [0.3, 0.4) is 0 Å². The van der Waals surface area contributed by atoms with Crippen LogP contribution in [0, 0.1) is 0 Å². The van der Waals surface area contributed by atoms with Crippen LogP contribution in [0.4, 0.5) is 0 Å². The molecule has 0 saturated carbocycles. The molecule has 2 atom stereocenters. The van der Waals surface area contributed by atoms with Gasteiger partial charge in [0.25, 0.3) is 0 Å². The molecule has 0 amide bonds. The van der Waals surface area contributed by atoms with Crippen molar-refractivity contribution in [3.8, 4) is 0 Å². The third kappa shape index (κ3) is 3.19. The van der Waals surface area contributed by atoms with Gasteiger partial charge in [0.1, 0.15) is 0 Å². The van der Waals surface area contributed by atoms with Crippen molar-refractivity contribution < 1.29 is 4.74 Å². The summed E-state index contributed by atoms with van der Waals surface area (Å²) in [6.07, 6.45) is 7.20. The third-order valence-electron chi connectivity index (χ3n) is 3.98. The van der Waals surface area contributed by atoms with Crippen molar-refractivity contribution in [1.82, 2.24) is 10.3 Å². The molecule has 1 aliphatic heterocycles. The van der Waals surface area contributed by atoms with Gasteiger partial charge in [-0.1, -0.05) is 6.92 Å². The Morgan fingerprint density at radius 1 is 1.55 bits per heavy atom. The van der Waals surface area contributed by atoms with Gasteiger partial charge in [-0.15, -0.1) is 11.3 Å². The monoisotopic (exact) mass is 290 g/mol. The number of nitrogens with zero attached hydrogens (tertiary/aromatic N) is 1. The van der Waals surface area contributed by atoms with E-state index in [4.69, 9.17) is 4.74 Å². The van der Waals surface area contributed by atoms with Gasteiger partial charge in [-0.25, -0.2) is 0 Å². The van der Waals surface area contributed by atoms with Gasteiger partial charge in [-0.2, -0.15) is 0 Å². The number of hydrogen-bond acceptors (Lipinski definition) is 4. The normalized spacial score (nSPS) is 20.6. The maximum absolute atomic E-state index is 5.73. The van der Waals surface area contributed by atoms with Crippen molar-refractivity contribution in [2.45, 2.75) is 44.8 Å². The maximum atomic E-state index is 5.73. The second-order valence-corrected chi connectivity index (χ2v) is 6.34. The third-order valence-corrected chi connectivity index (χ3v) is 4.83. The molecule has 0 aromatic carbocycles. The molecule has 4 heteroatoms. The van der Waals surface area contributed by atoms with Crippen LogP contribution in [0.5, 0.6) is 0 Å². The molecule has 3 rings (SSSR count). The van der Waals surface area contributed by atoms with E-state index in [1.165, 1.54) is 23.1 Å². The lowest BCUT2D eigenvalue weighted by Gasteiger charge is -2.20. The Labute approximate surface area is 124 Å². The van der Waals surface area contributed by atoms with Crippen LogP contribution >= 0.6 is 11.3 Å². The van der Waals surface area contributed by atoms with Crippen molar-refractivity contribution in [2.75, 3.05) is 13.2 Å². The minimum absolute atomic E-state index is 0.392. The van der Waals surface area contributed by atoms with E-state index < -0.39 is 0 Å².